The van der Waals surface area contributed by atoms with E-state index in [1.54, 1.807) is 18.2 Å². The zero-order chi connectivity index (χ0) is 16.3. The van der Waals surface area contributed by atoms with E-state index in [0.717, 1.165) is 12.1 Å². The van der Waals surface area contributed by atoms with E-state index >= 15 is 0 Å². The molecule has 2 aromatic carbocycles. The van der Waals surface area contributed by atoms with Crippen molar-refractivity contribution in [3.63, 3.8) is 0 Å². The van der Waals surface area contributed by atoms with Gasteiger partial charge in [0.15, 0.2) is 0 Å². The lowest BCUT2D eigenvalue weighted by Crippen LogP contribution is -2.10. The highest BCUT2D eigenvalue weighted by Gasteiger charge is 2.26. The summed E-state index contributed by atoms with van der Waals surface area (Å²) in [5, 5.41) is 21.9. The van der Waals surface area contributed by atoms with E-state index in [0.29, 0.717) is 0 Å². The molecule has 8 heteroatoms. The Kier molecular flexibility index (Phi) is 4.12. The van der Waals surface area contributed by atoms with Crippen LogP contribution >= 0.6 is 0 Å². The Morgan fingerprint density at radius 2 is 1.50 bits per heavy atom. The van der Waals surface area contributed by atoms with Gasteiger partial charge in [-0.2, -0.15) is 0 Å². The summed E-state index contributed by atoms with van der Waals surface area (Å²) in [7, 11) is 0. The lowest BCUT2D eigenvalue weighted by molar-refractivity contribution is -0.395. The Bertz CT molecular complexity index is 722. The summed E-state index contributed by atoms with van der Waals surface area (Å²) in [6.07, 6.45) is 0. The van der Waals surface area contributed by atoms with Gasteiger partial charge in [0.2, 0.25) is 0 Å². The first-order valence-electron chi connectivity index (χ1n) is 6.11. The van der Waals surface area contributed by atoms with Crippen molar-refractivity contribution in [2.45, 2.75) is 6.92 Å². The van der Waals surface area contributed by atoms with E-state index < -0.39 is 27.2 Å². The van der Waals surface area contributed by atoms with Crippen molar-refractivity contribution in [3.8, 4) is 5.75 Å². The molecule has 0 spiro atoms. The van der Waals surface area contributed by atoms with Crippen molar-refractivity contribution in [3.05, 3.63) is 73.8 Å². The Morgan fingerprint density at radius 1 is 1.00 bits per heavy atom. The number of carbonyl (C=O) groups excluding carboxylic acids is 1. The summed E-state index contributed by atoms with van der Waals surface area (Å²) in [4.78, 5) is 32.4. The molecule has 112 valence electrons. The van der Waals surface area contributed by atoms with Gasteiger partial charge < -0.3 is 4.74 Å². The summed E-state index contributed by atoms with van der Waals surface area (Å²) in [5.41, 5.74) is -1.39. The Balaban J connectivity index is 2.44. The molecule has 2 aromatic rings. The zero-order valence-corrected chi connectivity index (χ0v) is 11.4. The van der Waals surface area contributed by atoms with Gasteiger partial charge in [0.05, 0.1) is 15.4 Å². The standard InChI is InChI=1S/C14H10N2O6/c1-9-12(15(18)19)7-10(8-13(9)16(20)21)14(17)22-11-5-3-2-4-6-11/h2-8H,1H3. The van der Waals surface area contributed by atoms with Crippen LogP contribution in [0.25, 0.3) is 0 Å². The van der Waals surface area contributed by atoms with Gasteiger partial charge in [0.25, 0.3) is 11.4 Å². The molecular weight excluding hydrogens is 292 g/mol. The van der Waals surface area contributed by atoms with Gasteiger partial charge >= 0.3 is 5.97 Å². The van der Waals surface area contributed by atoms with Crippen LogP contribution in [0.15, 0.2) is 42.5 Å². The highest BCUT2D eigenvalue weighted by Crippen LogP contribution is 2.29. The maximum absolute atomic E-state index is 12.0. The van der Waals surface area contributed by atoms with E-state index in [1.807, 2.05) is 0 Å². The van der Waals surface area contributed by atoms with Crippen molar-refractivity contribution >= 4 is 17.3 Å². The number of hydrogen-bond donors (Lipinski definition) is 0. The third-order valence-electron chi connectivity index (χ3n) is 2.94. The summed E-state index contributed by atoms with van der Waals surface area (Å²) in [6, 6.07) is 9.98. The van der Waals surface area contributed by atoms with Gasteiger partial charge in [0.1, 0.15) is 11.3 Å². The van der Waals surface area contributed by atoms with Crippen molar-refractivity contribution in [1.82, 2.24) is 0 Å². The van der Waals surface area contributed by atoms with Crippen molar-refractivity contribution in [1.29, 1.82) is 0 Å². The van der Waals surface area contributed by atoms with Gasteiger partial charge in [-0.1, -0.05) is 18.2 Å². The van der Waals surface area contributed by atoms with Crippen LogP contribution < -0.4 is 4.74 Å². The number of nitrogens with zero attached hydrogens (tertiary/aromatic N) is 2. The summed E-state index contributed by atoms with van der Waals surface area (Å²) >= 11 is 0. The molecule has 0 saturated heterocycles. The second-order valence-electron chi connectivity index (χ2n) is 4.36. The van der Waals surface area contributed by atoms with Crippen LogP contribution in [0.1, 0.15) is 15.9 Å². The van der Waals surface area contributed by atoms with Crippen LogP contribution in [0.5, 0.6) is 5.75 Å². The average molecular weight is 302 g/mol. The fourth-order valence-electron chi connectivity index (χ4n) is 1.84. The number of nitro groups is 2. The number of esters is 1. The molecule has 0 N–H and O–H groups in total. The molecule has 0 bridgehead atoms. The summed E-state index contributed by atoms with van der Waals surface area (Å²) in [5.74, 6) is -0.671. The molecule has 0 aliphatic heterocycles. The van der Waals surface area contributed by atoms with E-state index in [9.17, 15) is 25.0 Å². The molecule has 0 radical (unpaired) electrons. The number of rotatable bonds is 4. The van der Waals surface area contributed by atoms with Gasteiger partial charge in [0, 0.05) is 12.1 Å². The number of hydrogen-bond acceptors (Lipinski definition) is 6. The molecule has 0 unspecified atom stereocenters. The Morgan fingerprint density at radius 3 is 1.95 bits per heavy atom. The SMILES string of the molecule is Cc1c([N+](=O)[O-])cc(C(=O)Oc2ccccc2)cc1[N+](=O)[O-]. The number of nitro benzene ring substituents is 2. The van der Waals surface area contributed by atoms with Crippen LogP contribution in [0.4, 0.5) is 11.4 Å². The first-order valence-corrected chi connectivity index (χ1v) is 6.11. The maximum Gasteiger partial charge on any atom is 0.344 e. The predicted octanol–water partition coefficient (Wildman–Crippen LogP) is 3.03. The molecule has 0 amide bonds. The maximum atomic E-state index is 12.0. The predicted molar refractivity (Wildman–Crippen MR) is 75.9 cm³/mol. The fraction of sp³-hybridized carbons (Fsp3) is 0.0714. The normalized spacial score (nSPS) is 10.0. The van der Waals surface area contributed by atoms with E-state index in [-0.39, 0.29) is 16.9 Å². The Hall–Kier alpha value is -3.29. The minimum Gasteiger partial charge on any atom is -0.423 e. The second kappa shape index (κ2) is 6.00. The minimum atomic E-state index is -0.905. The van der Waals surface area contributed by atoms with Crippen LogP contribution in [-0.2, 0) is 0 Å². The van der Waals surface area contributed by atoms with Crippen LogP contribution in [-0.4, -0.2) is 15.8 Å². The quantitative estimate of drug-likeness (QED) is 0.371. The third kappa shape index (κ3) is 3.06. The number of ether oxygens (including phenoxy) is 1. The van der Waals surface area contributed by atoms with Gasteiger partial charge in [-0.25, -0.2) is 4.79 Å². The molecular formula is C14H10N2O6. The zero-order valence-electron chi connectivity index (χ0n) is 11.4. The van der Waals surface area contributed by atoms with E-state index in [4.69, 9.17) is 4.74 Å². The van der Waals surface area contributed by atoms with Gasteiger partial charge in [-0.15, -0.1) is 0 Å². The first kappa shape index (κ1) is 15.1. The first-order chi connectivity index (χ1) is 10.4. The third-order valence-corrected chi connectivity index (χ3v) is 2.94. The van der Waals surface area contributed by atoms with Crippen LogP contribution in [0, 0.1) is 27.2 Å². The lowest BCUT2D eigenvalue weighted by Gasteiger charge is -2.05. The second-order valence-corrected chi connectivity index (χ2v) is 4.36. The number of para-hydroxylation sites is 1. The van der Waals surface area contributed by atoms with Crippen LogP contribution in [0.2, 0.25) is 0 Å². The Labute approximate surface area is 124 Å². The lowest BCUT2D eigenvalue weighted by atomic mass is 10.1. The van der Waals surface area contributed by atoms with Gasteiger partial charge in [-0.05, 0) is 19.1 Å². The molecule has 2 rings (SSSR count). The topological polar surface area (TPSA) is 113 Å². The van der Waals surface area contributed by atoms with E-state index in [2.05, 4.69) is 0 Å². The highest BCUT2D eigenvalue weighted by atomic mass is 16.6. The molecule has 0 aliphatic rings. The van der Waals surface area contributed by atoms with Gasteiger partial charge in [-0.3, -0.25) is 20.2 Å². The molecule has 0 fully saturated rings. The largest absolute Gasteiger partial charge is 0.423 e. The molecule has 0 atom stereocenters. The smallest absolute Gasteiger partial charge is 0.344 e. The monoisotopic (exact) mass is 302 g/mol. The van der Waals surface area contributed by atoms with Crippen molar-refractivity contribution in [2.24, 2.45) is 0 Å². The minimum absolute atomic E-state index is 0.119. The summed E-state index contributed by atoms with van der Waals surface area (Å²) < 4.78 is 5.03. The van der Waals surface area contributed by atoms with Crippen LogP contribution in [0.3, 0.4) is 0 Å². The molecule has 0 saturated carbocycles. The van der Waals surface area contributed by atoms with Crippen molar-refractivity contribution in [2.75, 3.05) is 0 Å². The van der Waals surface area contributed by atoms with E-state index in [1.165, 1.54) is 19.1 Å². The number of carbonyl (C=O) groups is 1. The molecule has 0 aromatic heterocycles. The fourth-order valence-corrected chi connectivity index (χ4v) is 1.84. The van der Waals surface area contributed by atoms with Crippen molar-refractivity contribution < 1.29 is 19.4 Å². The molecule has 8 nitrogen and oxygen atoms in total. The molecule has 0 heterocycles. The molecule has 22 heavy (non-hydrogen) atoms. The molecule has 0 aliphatic carbocycles. The summed E-state index contributed by atoms with van der Waals surface area (Å²) in [6.45, 7) is 1.25. The number of benzene rings is 2. The highest BCUT2D eigenvalue weighted by molar-refractivity contribution is 5.93. The average Bonchev–Trinajstić information content (AvgIpc) is 2.47.